The number of halogens is 1. The molecule has 2 heterocycles. The molecule has 23 heavy (non-hydrogen) atoms. The van der Waals surface area contributed by atoms with Gasteiger partial charge >= 0.3 is 5.76 Å². The molecule has 0 spiro atoms. The molecule has 1 amide bonds. The van der Waals surface area contributed by atoms with E-state index in [9.17, 15) is 9.59 Å². The number of carbonyl (C=O) groups excluding carboxylic acids is 1. The minimum Gasteiger partial charge on any atom is -0.454 e. The normalized spacial score (nSPS) is 12.6. The molecule has 2 aromatic carbocycles. The Balaban J connectivity index is 1.64. The van der Waals surface area contributed by atoms with Gasteiger partial charge in [0.2, 0.25) is 6.79 Å². The van der Waals surface area contributed by atoms with Gasteiger partial charge in [-0.05, 0) is 30.3 Å². The summed E-state index contributed by atoms with van der Waals surface area (Å²) in [4.78, 5) is 26.0. The summed E-state index contributed by atoms with van der Waals surface area (Å²) in [6, 6.07) is 7.89. The summed E-state index contributed by atoms with van der Waals surface area (Å²) in [5, 5.41) is 3.03. The molecule has 7 nitrogen and oxygen atoms in total. The quantitative estimate of drug-likeness (QED) is 0.752. The van der Waals surface area contributed by atoms with Gasteiger partial charge in [0.05, 0.1) is 10.5 Å². The molecular weight excluding hydrogens is 324 g/mol. The Hall–Kier alpha value is -2.93. The van der Waals surface area contributed by atoms with Crippen LogP contribution in [0, 0.1) is 0 Å². The van der Waals surface area contributed by atoms with Gasteiger partial charge in [0.1, 0.15) is 0 Å². The van der Waals surface area contributed by atoms with E-state index in [4.69, 9.17) is 25.5 Å². The van der Waals surface area contributed by atoms with Crippen LogP contribution >= 0.6 is 11.6 Å². The number of benzene rings is 2. The van der Waals surface area contributed by atoms with Crippen LogP contribution in [-0.4, -0.2) is 17.7 Å². The summed E-state index contributed by atoms with van der Waals surface area (Å²) in [5.74, 6) is -0.0562. The van der Waals surface area contributed by atoms with E-state index >= 15 is 0 Å². The minimum absolute atomic E-state index is 0.0741. The number of H-pyrrole nitrogens is 1. The number of ether oxygens (including phenoxy) is 2. The maximum atomic E-state index is 12.3. The number of carbonyl (C=O) groups is 1. The maximum Gasteiger partial charge on any atom is 0.417 e. The Morgan fingerprint density at radius 2 is 2.09 bits per heavy atom. The van der Waals surface area contributed by atoms with Crippen LogP contribution in [0.5, 0.6) is 11.5 Å². The number of fused-ring (bicyclic) bond motifs is 2. The van der Waals surface area contributed by atoms with Crippen LogP contribution in [0.25, 0.3) is 11.1 Å². The average Bonchev–Trinajstić information content (AvgIpc) is 3.12. The maximum absolute atomic E-state index is 12.3. The van der Waals surface area contributed by atoms with Crippen molar-refractivity contribution in [1.29, 1.82) is 0 Å². The van der Waals surface area contributed by atoms with Crippen molar-refractivity contribution >= 4 is 34.3 Å². The number of hydrogen-bond acceptors (Lipinski definition) is 5. The Morgan fingerprint density at radius 3 is 2.96 bits per heavy atom. The Labute approximate surface area is 133 Å². The highest BCUT2D eigenvalue weighted by Gasteiger charge is 2.20. The van der Waals surface area contributed by atoms with Crippen LogP contribution in [0.4, 0.5) is 5.69 Å². The van der Waals surface area contributed by atoms with Gasteiger partial charge in [0.15, 0.2) is 17.1 Å². The average molecular weight is 333 g/mol. The standard InChI is InChI=1S/C15H9ClN2O5/c16-9-3-7(4-12-13(9)22-6-21-12)14(19)17-8-1-2-11-10(5-8)18-15(20)23-11/h1-5H,6H2,(H,17,19)(H,18,20). The molecule has 0 saturated carbocycles. The van der Waals surface area contributed by atoms with Gasteiger partial charge in [-0.25, -0.2) is 4.79 Å². The second-order valence-corrected chi connectivity index (χ2v) is 5.28. The van der Waals surface area contributed by atoms with E-state index in [1.54, 1.807) is 24.3 Å². The van der Waals surface area contributed by atoms with E-state index in [0.717, 1.165) is 0 Å². The van der Waals surface area contributed by atoms with E-state index in [1.807, 2.05) is 0 Å². The monoisotopic (exact) mass is 332 g/mol. The van der Waals surface area contributed by atoms with Crippen molar-refractivity contribution in [3.63, 3.8) is 0 Å². The lowest BCUT2D eigenvalue weighted by atomic mass is 10.2. The minimum atomic E-state index is -0.550. The third-order valence-electron chi connectivity index (χ3n) is 3.37. The first-order valence-electron chi connectivity index (χ1n) is 6.63. The van der Waals surface area contributed by atoms with E-state index in [0.29, 0.717) is 38.9 Å². The summed E-state index contributed by atoms with van der Waals surface area (Å²) in [5.41, 5.74) is 1.75. The fourth-order valence-corrected chi connectivity index (χ4v) is 2.60. The van der Waals surface area contributed by atoms with E-state index in [-0.39, 0.29) is 12.7 Å². The third-order valence-corrected chi connectivity index (χ3v) is 3.65. The van der Waals surface area contributed by atoms with E-state index in [2.05, 4.69) is 10.3 Å². The molecule has 3 aromatic rings. The fraction of sp³-hybridized carbons (Fsp3) is 0.0667. The molecular formula is C15H9ClN2O5. The molecule has 1 aromatic heterocycles. The Kier molecular flexibility index (Phi) is 3.02. The third kappa shape index (κ3) is 2.40. The van der Waals surface area contributed by atoms with Gasteiger partial charge in [-0.1, -0.05) is 11.6 Å². The van der Waals surface area contributed by atoms with Crippen LogP contribution in [-0.2, 0) is 0 Å². The van der Waals surface area contributed by atoms with Crippen LogP contribution < -0.4 is 20.5 Å². The molecule has 4 rings (SSSR count). The Morgan fingerprint density at radius 1 is 1.22 bits per heavy atom. The van der Waals surface area contributed by atoms with Crippen molar-refractivity contribution in [1.82, 2.24) is 4.98 Å². The fourth-order valence-electron chi connectivity index (χ4n) is 2.33. The summed E-state index contributed by atoms with van der Waals surface area (Å²) in [6.07, 6.45) is 0. The van der Waals surface area contributed by atoms with Crippen molar-refractivity contribution < 1.29 is 18.7 Å². The van der Waals surface area contributed by atoms with Crippen LogP contribution in [0.15, 0.2) is 39.5 Å². The molecule has 1 aliphatic rings. The zero-order chi connectivity index (χ0) is 16.0. The van der Waals surface area contributed by atoms with E-state index < -0.39 is 5.76 Å². The number of anilines is 1. The van der Waals surface area contributed by atoms with Crippen molar-refractivity contribution in [2.24, 2.45) is 0 Å². The topological polar surface area (TPSA) is 93.6 Å². The zero-order valence-corrected chi connectivity index (χ0v) is 12.3. The van der Waals surface area contributed by atoms with Gasteiger partial charge in [-0.3, -0.25) is 9.78 Å². The summed E-state index contributed by atoms with van der Waals surface area (Å²) in [7, 11) is 0. The smallest absolute Gasteiger partial charge is 0.417 e. The first-order chi connectivity index (χ1) is 11.1. The second-order valence-electron chi connectivity index (χ2n) is 4.87. The summed E-state index contributed by atoms with van der Waals surface area (Å²) in [6.45, 7) is 0.0741. The van der Waals surface area contributed by atoms with Gasteiger partial charge in [-0.15, -0.1) is 0 Å². The molecule has 8 heteroatoms. The number of oxazole rings is 1. The SMILES string of the molecule is O=C(Nc1ccc2oc(=O)[nH]c2c1)c1cc(Cl)c2c(c1)OCO2. The lowest BCUT2D eigenvalue weighted by Gasteiger charge is -2.07. The number of amides is 1. The number of aromatic nitrogens is 1. The summed E-state index contributed by atoms with van der Waals surface area (Å²) >= 11 is 6.07. The number of hydrogen-bond donors (Lipinski definition) is 2. The van der Waals surface area contributed by atoms with Crippen LogP contribution in [0.1, 0.15) is 10.4 Å². The van der Waals surface area contributed by atoms with E-state index in [1.165, 1.54) is 6.07 Å². The molecule has 2 N–H and O–H groups in total. The van der Waals surface area contributed by atoms with Crippen molar-refractivity contribution in [3.05, 3.63) is 51.5 Å². The van der Waals surface area contributed by atoms with Crippen LogP contribution in [0.3, 0.4) is 0 Å². The van der Waals surface area contributed by atoms with Crippen molar-refractivity contribution in [2.45, 2.75) is 0 Å². The van der Waals surface area contributed by atoms with Gasteiger partial charge in [-0.2, -0.15) is 0 Å². The molecule has 0 radical (unpaired) electrons. The van der Waals surface area contributed by atoms with Crippen molar-refractivity contribution in [2.75, 3.05) is 12.1 Å². The molecule has 0 unspecified atom stereocenters. The molecule has 116 valence electrons. The zero-order valence-electron chi connectivity index (χ0n) is 11.5. The van der Waals surface area contributed by atoms with Gasteiger partial charge < -0.3 is 19.2 Å². The highest BCUT2D eigenvalue weighted by Crippen LogP contribution is 2.39. The predicted octanol–water partition coefficient (Wildman–Crippen LogP) is 2.76. The van der Waals surface area contributed by atoms with Crippen molar-refractivity contribution in [3.8, 4) is 11.5 Å². The highest BCUT2D eigenvalue weighted by atomic mass is 35.5. The number of rotatable bonds is 2. The highest BCUT2D eigenvalue weighted by molar-refractivity contribution is 6.32. The first kappa shape index (κ1) is 13.7. The lowest BCUT2D eigenvalue weighted by molar-refractivity contribution is 0.102. The molecule has 0 atom stereocenters. The predicted molar refractivity (Wildman–Crippen MR) is 82.4 cm³/mol. The number of aromatic amines is 1. The number of nitrogens with one attached hydrogen (secondary N) is 2. The van der Waals surface area contributed by atoms with Crippen LogP contribution in [0.2, 0.25) is 5.02 Å². The molecule has 0 fully saturated rings. The molecule has 0 aliphatic carbocycles. The molecule has 0 bridgehead atoms. The second kappa shape index (κ2) is 5.06. The van der Waals surface area contributed by atoms with Gasteiger partial charge in [0.25, 0.3) is 5.91 Å². The largest absolute Gasteiger partial charge is 0.454 e. The molecule has 1 aliphatic heterocycles. The first-order valence-corrected chi connectivity index (χ1v) is 7.01. The molecule has 0 saturated heterocycles. The summed E-state index contributed by atoms with van der Waals surface area (Å²) < 4.78 is 15.4. The van der Waals surface area contributed by atoms with Gasteiger partial charge in [0, 0.05) is 11.3 Å². The lowest BCUT2D eigenvalue weighted by Crippen LogP contribution is -2.11. The Bertz CT molecular complexity index is 991.